The summed E-state index contributed by atoms with van der Waals surface area (Å²) >= 11 is 2.31. The number of ether oxygens (including phenoxy) is 1. The number of amides is 1. The van der Waals surface area contributed by atoms with Gasteiger partial charge < -0.3 is 15.4 Å². The fourth-order valence-corrected chi connectivity index (χ4v) is 2.83. The molecule has 1 aliphatic carbocycles. The average Bonchev–Trinajstić information content (AvgIpc) is 3.26. The van der Waals surface area contributed by atoms with Gasteiger partial charge in [0, 0.05) is 22.2 Å². The number of alkyl carbamates (subject to hydrolysis) is 1. The van der Waals surface area contributed by atoms with Crippen LogP contribution in [-0.4, -0.2) is 24.3 Å². The molecular weight excluding hydrogens is 403 g/mol. The smallest absolute Gasteiger partial charge is 0.407 e. The minimum absolute atomic E-state index is 0.135. The highest BCUT2D eigenvalue weighted by atomic mass is 127. The summed E-state index contributed by atoms with van der Waals surface area (Å²) in [6, 6.07) is 8.92. The molecule has 4 nitrogen and oxygen atoms in total. The van der Waals surface area contributed by atoms with E-state index in [1.807, 2.05) is 20.8 Å². The van der Waals surface area contributed by atoms with Crippen LogP contribution in [0.4, 0.5) is 4.79 Å². The Balaban J connectivity index is 1.85. The highest BCUT2D eigenvalue weighted by Gasteiger charge is 2.33. The largest absolute Gasteiger partial charge is 0.444 e. The molecule has 0 aliphatic heterocycles. The van der Waals surface area contributed by atoms with E-state index in [2.05, 4.69) is 64.4 Å². The van der Waals surface area contributed by atoms with Crippen LogP contribution in [0, 0.1) is 9.49 Å². The fourth-order valence-electron chi connectivity index (χ4n) is 2.47. The van der Waals surface area contributed by atoms with Crippen LogP contribution in [0.1, 0.15) is 52.1 Å². The van der Waals surface area contributed by atoms with Crippen molar-refractivity contribution in [2.45, 2.75) is 58.2 Å². The summed E-state index contributed by atoms with van der Waals surface area (Å²) in [5, 5.41) is 6.56. The van der Waals surface area contributed by atoms with E-state index in [0.29, 0.717) is 5.92 Å². The first-order chi connectivity index (χ1) is 10.7. The molecule has 2 rings (SSSR count). The molecule has 0 aromatic heterocycles. The molecule has 128 valence electrons. The maximum Gasteiger partial charge on any atom is 0.407 e. The van der Waals surface area contributed by atoms with E-state index >= 15 is 0 Å². The van der Waals surface area contributed by atoms with Crippen molar-refractivity contribution < 1.29 is 9.53 Å². The summed E-state index contributed by atoms with van der Waals surface area (Å²) in [5.74, 6) is 0.568. The first kappa shape index (κ1) is 18.5. The van der Waals surface area contributed by atoms with E-state index in [1.54, 1.807) is 0 Å². The number of carbonyl (C=O) groups is 1. The molecule has 1 aliphatic rings. The lowest BCUT2D eigenvalue weighted by molar-refractivity contribution is 0.0497. The maximum atomic E-state index is 12.0. The van der Waals surface area contributed by atoms with E-state index in [-0.39, 0.29) is 18.2 Å². The monoisotopic (exact) mass is 430 g/mol. The average molecular weight is 430 g/mol. The normalized spacial score (nSPS) is 17.4. The number of hydrogen-bond donors (Lipinski definition) is 2. The molecule has 0 radical (unpaired) electrons. The number of halogens is 1. The van der Waals surface area contributed by atoms with Gasteiger partial charge in [-0.1, -0.05) is 12.1 Å². The zero-order valence-corrected chi connectivity index (χ0v) is 16.5. The van der Waals surface area contributed by atoms with E-state index in [1.165, 1.54) is 22.0 Å². The third-order valence-corrected chi connectivity index (χ3v) is 4.63. The van der Waals surface area contributed by atoms with Crippen LogP contribution in [0.25, 0.3) is 0 Å². The Morgan fingerprint density at radius 1 is 1.30 bits per heavy atom. The third kappa shape index (κ3) is 6.67. The lowest BCUT2D eigenvalue weighted by Crippen LogP contribution is -2.46. The van der Waals surface area contributed by atoms with E-state index in [0.717, 1.165) is 6.54 Å². The second-order valence-electron chi connectivity index (χ2n) is 7.27. The molecule has 1 fully saturated rings. The zero-order valence-electron chi connectivity index (χ0n) is 14.4. The Bertz CT molecular complexity index is 521. The van der Waals surface area contributed by atoms with Gasteiger partial charge in [-0.2, -0.15) is 0 Å². The van der Waals surface area contributed by atoms with Crippen molar-refractivity contribution >= 4 is 28.7 Å². The van der Waals surface area contributed by atoms with Crippen LogP contribution in [0.15, 0.2) is 24.3 Å². The van der Waals surface area contributed by atoms with Crippen molar-refractivity contribution in [2.24, 2.45) is 5.92 Å². The number of benzene rings is 1. The number of rotatable bonds is 6. The minimum Gasteiger partial charge on any atom is -0.444 e. The fraction of sp³-hybridized carbons (Fsp3) is 0.611. The van der Waals surface area contributed by atoms with Crippen molar-refractivity contribution in [3.05, 3.63) is 33.4 Å². The molecule has 5 heteroatoms. The predicted octanol–water partition coefficient (Wildman–Crippen LogP) is 4.25. The van der Waals surface area contributed by atoms with Crippen LogP contribution in [0.2, 0.25) is 0 Å². The first-order valence-corrected chi connectivity index (χ1v) is 9.31. The number of carbonyl (C=O) groups excluding carboxylic acids is 1. The van der Waals surface area contributed by atoms with Crippen molar-refractivity contribution in [1.29, 1.82) is 0 Å². The summed E-state index contributed by atoms with van der Waals surface area (Å²) in [6.07, 6.45) is 2.04. The van der Waals surface area contributed by atoms with Gasteiger partial charge >= 0.3 is 6.09 Å². The lowest BCUT2D eigenvalue weighted by Gasteiger charge is -2.25. The van der Waals surface area contributed by atoms with Gasteiger partial charge in [0.15, 0.2) is 0 Å². The van der Waals surface area contributed by atoms with Gasteiger partial charge in [-0.05, 0) is 86.7 Å². The summed E-state index contributed by atoms with van der Waals surface area (Å²) in [7, 11) is 0. The molecule has 2 unspecified atom stereocenters. The second-order valence-corrected chi connectivity index (χ2v) is 8.52. The van der Waals surface area contributed by atoms with Gasteiger partial charge in [0.05, 0.1) is 0 Å². The molecule has 0 bridgehead atoms. The van der Waals surface area contributed by atoms with Crippen LogP contribution >= 0.6 is 22.6 Å². The molecule has 1 aromatic carbocycles. The van der Waals surface area contributed by atoms with E-state index in [9.17, 15) is 4.79 Å². The summed E-state index contributed by atoms with van der Waals surface area (Å²) < 4.78 is 6.61. The van der Waals surface area contributed by atoms with Gasteiger partial charge in [-0.25, -0.2) is 4.79 Å². The summed E-state index contributed by atoms with van der Waals surface area (Å²) in [5.41, 5.74) is 0.803. The van der Waals surface area contributed by atoms with Crippen LogP contribution < -0.4 is 10.6 Å². The molecule has 2 atom stereocenters. The van der Waals surface area contributed by atoms with Gasteiger partial charge in [0.25, 0.3) is 0 Å². The molecular formula is C18H27IN2O2. The Morgan fingerprint density at radius 2 is 1.91 bits per heavy atom. The zero-order chi connectivity index (χ0) is 17.0. The summed E-state index contributed by atoms with van der Waals surface area (Å²) in [6.45, 7) is 8.57. The Hall–Kier alpha value is -0.820. The van der Waals surface area contributed by atoms with Crippen molar-refractivity contribution in [3.8, 4) is 0 Å². The quantitative estimate of drug-likeness (QED) is 0.664. The van der Waals surface area contributed by atoms with Crippen molar-refractivity contribution in [3.63, 3.8) is 0 Å². The van der Waals surface area contributed by atoms with E-state index < -0.39 is 5.60 Å². The van der Waals surface area contributed by atoms with Crippen LogP contribution in [0.3, 0.4) is 0 Å². The molecule has 0 spiro atoms. The van der Waals surface area contributed by atoms with Crippen molar-refractivity contribution in [1.82, 2.24) is 10.6 Å². The molecule has 0 saturated heterocycles. The van der Waals surface area contributed by atoms with Gasteiger partial charge in [0.2, 0.25) is 0 Å². The Morgan fingerprint density at radius 3 is 2.43 bits per heavy atom. The van der Waals surface area contributed by atoms with Crippen LogP contribution in [-0.2, 0) is 4.74 Å². The van der Waals surface area contributed by atoms with Gasteiger partial charge in [0.1, 0.15) is 5.60 Å². The predicted molar refractivity (Wildman–Crippen MR) is 101 cm³/mol. The molecule has 2 N–H and O–H groups in total. The van der Waals surface area contributed by atoms with Crippen molar-refractivity contribution in [2.75, 3.05) is 6.54 Å². The summed E-state index contributed by atoms with van der Waals surface area (Å²) in [4.78, 5) is 12.0. The minimum atomic E-state index is -0.458. The maximum absolute atomic E-state index is 12.0. The van der Waals surface area contributed by atoms with E-state index in [4.69, 9.17) is 4.74 Å². The molecule has 23 heavy (non-hydrogen) atoms. The molecule has 1 amide bonds. The third-order valence-electron chi connectivity index (χ3n) is 3.91. The molecule has 1 saturated carbocycles. The number of nitrogens with one attached hydrogen (secondary N) is 2. The highest BCUT2D eigenvalue weighted by Crippen LogP contribution is 2.32. The van der Waals surface area contributed by atoms with Gasteiger partial charge in [-0.3, -0.25) is 0 Å². The molecule has 1 aromatic rings. The Labute approximate surface area is 152 Å². The number of hydrogen-bond acceptors (Lipinski definition) is 3. The standard InChI is InChI=1S/C18H27IN2O2/c1-12(13-7-9-15(19)10-8-13)20-11-16(14-5-6-14)21-17(22)23-18(2,3)4/h7-10,12,14,16,20H,5-6,11H2,1-4H3,(H,21,22). The van der Waals surface area contributed by atoms with Gasteiger partial charge in [-0.15, -0.1) is 0 Å². The Kier molecular flexibility index (Phi) is 6.31. The molecule has 0 heterocycles. The van der Waals surface area contributed by atoms with Crippen LogP contribution in [0.5, 0.6) is 0 Å². The first-order valence-electron chi connectivity index (χ1n) is 8.23. The topological polar surface area (TPSA) is 50.4 Å². The lowest BCUT2D eigenvalue weighted by atomic mass is 10.1. The SMILES string of the molecule is CC(NCC(NC(=O)OC(C)(C)C)C1CC1)c1ccc(I)cc1. The highest BCUT2D eigenvalue weighted by molar-refractivity contribution is 14.1. The second kappa shape index (κ2) is 7.83.